The summed E-state index contributed by atoms with van der Waals surface area (Å²) in [5, 5.41) is 11.0. The maximum absolute atomic E-state index is 11.0. The number of hydrogen-bond donors (Lipinski definition) is 1. The molecule has 0 aliphatic carbocycles. The van der Waals surface area contributed by atoms with E-state index in [1.807, 2.05) is 31.2 Å². The van der Waals surface area contributed by atoms with E-state index in [1.165, 1.54) is 6.07 Å². The van der Waals surface area contributed by atoms with Gasteiger partial charge in [0.1, 0.15) is 5.75 Å². The van der Waals surface area contributed by atoms with Gasteiger partial charge in [0, 0.05) is 17.7 Å². The van der Waals surface area contributed by atoms with E-state index < -0.39 is 11.0 Å². The molecule has 0 saturated carbocycles. The van der Waals surface area contributed by atoms with Crippen LogP contribution in [0.4, 0.5) is 5.69 Å². The van der Waals surface area contributed by atoms with Gasteiger partial charge in [0.2, 0.25) is 0 Å². The monoisotopic (exact) mass is 286 g/mol. The Hall–Kier alpha value is -2.40. The lowest BCUT2D eigenvalue weighted by atomic mass is 9.93. The Morgan fingerprint density at radius 3 is 2.57 bits per heavy atom. The van der Waals surface area contributed by atoms with Gasteiger partial charge in [-0.25, -0.2) is 0 Å². The van der Waals surface area contributed by atoms with E-state index in [0.717, 1.165) is 23.1 Å². The van der Waals surface area contributed by atoms with Crippen molar-refractivity contribution in [3.05, 3.63) is 69.3 Å². The van der Waals surface area contributed by atoms with Crippen LogP contribution in [0.1, 0.15) is 29.7 Å². The zero-order valence-electron chi connectivity index (χ0n) is 12.1. The molecule has 2 rings (SSSR count). The zero-order chi connectivity index (χ0) is 15.4. The summed E-state index contributed by atoms with van der Waals surface area (Å²) >= 11 is 0. The minimum absolute atomic E-state index is 0.0487. The molecule has 2 aromatic rings. The van der Waals surface area contributed by atoms with E-state index in [9.17, 15) is 10.1 Å². The second-order valence-electron chi connectivity index (χ2n) is 4.71. The van der Waals surface area contributed by atoms with E-state index in [4.69, 9.17) is 10.5 Å². The minimum atomic E-state index is -0.462. The van der Waals surface area contributed by atoms with Gasteiger partial charge in [-0.1, -0.05) is 31.2 Å². The molecule has 0 heterocycles. The van der Waals surface area contributed by atoms with Gasteiger partial charge in [-0.3, -0.25) is 10.1 Å². The van der Waals surface area contributed by atoms with E-state index in [0.29, 0.717) is 5.75 Å². The first-order valence-corrected chi connectivity index (χ1v) is 6.74. The Balaban J connectivity index is 2.53. The Morgan fingerprint density at radius 2 is 1.95 bits per heavy atom. The van der Waals surface area contributed by atoms with Crippen LogP contribution in [0.2, 0.25) is 0 Å². The third-order valence-electron chi connectivity index (χ3n) is 3.53. The van der Waals surface area contributed by atoms with Crippen LogP contribution < -0.4 is 10.5 Å². The maximum Gasteiger partial charge on any atom is 0.269 e. The molecule has 0 aliphatic rings. The van der Waals surface area contributed by atoms with Crippen molar-refractivity contribution in [3.8, 4) is 5.75 Å². The molecule has 0 aliphatic heterocycles. The average Bonchev–Trinajstić information content (AvgIpc) is 2.53. The Bertz CT molecular complexity index is 656. The van der Waals surface area contributed by atoms with Gasteiger partial charge in [-0.05, 0) is 23.6 Å². The normalized spacial score (nSPS) is 12.0. The summed E-state index contributed by atoms with van der Waals surface area (Å²) < 4.78 is 5.33. The second-order valence-corrected chi connectivity index (χ2v) is 4.71. The van der Waals surface area contributed by atoms with Crippen molar-refractivity contribution < 1.29 is 9.66 Å². The van der Waals surface area contributed by atoms with Gasteiger partial charge in [0.25, 0.3) is 5.69 Å². The van der Waals surface area contributed by atoms with E-state index >= 15 is 0 Å². The van der Waals surface area contributed by atoms with Gasteiger partial charge < -0.3 is 10.5 Å². The highest BCUT2D eigenvalue weighted by Gasteiger charge is 2.19. The Labute approximate surface area is 123 Å². The largest absolute Gasteiger partial charge is 0.496 e. The van der Waals surface area contributed by atoms with Crippen LogP contribution in [0.3, 0.4) is 0 Å². The third-order valence-corrected chi connectivity index (χ3v) is 3.53. The van der Waals surface area contributed by atoms with Crippen LogP contribution in [-0.4, -0.2) is 12.0 Å². The second kappa shape index (κ2) is 6.37. The summed E-state index contributed by atoms with van der Waals surface area (Å²) in [5.41, 5.74) is 8.96. The summed E-state index contributed by atoms with van der Waals surface area (Å²) in [7, 11) is 1.58. The number of nitro groups is 1. The molecule has 0 aromatic heterocycles. The number of nitrogens with zero attached hydrogens (tertiary/aromatic N) is 1. The molecular formula is C16H18N2O3. The number of hydrogen-bond acceptors (Lipinski definition) is 4. The molecule has 0 spiro atoms. The first kappa shape index (κ1) is 15.0. The van der Waals surface area contributed by atoms with Gasteiger partial charge >= 0.3 is 0 Å². The van der Waals surface area contributed by atoms with Crippen LogP contribution in [0, 0.1) is 10.1 Å². The maximum atomic E-state index is 11.0. The van der Waals surface area contributed by atoms with E-state index in [1.54, 1.807) is 19.2 Å². The van der Waals surface area contributed by atoms with Crippen molar-refractivity contribution in [2.75, 3.05) is 7.11 Å². The highest BCUT2D eigenvalue weighted by atomic mass is 16.6. The number of benzene rings is 2. The van der Waals surface area contributed by atoms with Crippen LogP contribution in [0.5, 0.6) is 5.75 Å². The molecule has 0 fully saturated rings. The van der Waals surface area contributed by atoms with Gasteiger partial charge in [-0.15, -0.1) is 0 Å². The summed E-state index contributed by atoms with van der Waals surface area (Å²) in [6, 6.07) is 11.8. The Kier molecular flexibility index (Phi) is 4.55. The van der Waals surface area contributed by atoms with Gasteiger partial charge in [-0.2, -0.15) is 0 Å². The predicted molar refractivity (Wildman–Crippen MR) is 81.5 cm³/mol. The predicted octanol–water partition coefficient (Wildman–Crippen LogP) is 3.21. The topological polar surface area (TPSA) is 78.4 Å². The lowest BCUT2D eigenvalue weighted by molar-refractivity contribution is -0.384. The van der Waals surface area contributed by atoms with Crippen molar-refractivity contribution in [2.45, 2.75) is 19.4 Å². The number of methoxy groups -OCH3 is 1. The molecule has 0 saturated heterocycles. The molecule has 0 radical (unpaired) electrons. The Morgan fingerprint density at radius 1 is 1.24 bits per heavy atom. The number of nitrogens with two attached hydrogens (primary N) is 1. The molecule has 0 bridgehead atoms. The highest BCUT2D eigenvalue weighted by molar-refractivity contribution is 5.48. The lowest BCUT2D eigenvalue weighted by Crippen LogP contribution is -2.15. The fourth-order valence-electron chi connectivity index (χ4n) is 2.40. The van der Waals surface area contributed by atoms with Crippen LogP contribution in [-0.2, 0) is 6.42 Å². The number of para-hydroxylation sites is 1. The quantitative estimate of drug-likeness (QED) is 0.676. The molecule has 2 aromatic carbocycles. The minimum Gasteiger partial charge on any atom is -0.496 e. The van der Waals surface area contributed by atoms with E-state index in [2.05, 4.69) is 0 Å². The molecule has 21 heavy (non-hydrogen) atoms. The number of rotatable bonds is 5. The summed E-state index contributed by atoms with van der Waals surface area (Å²) in [6.07, 6.45) is 0.760. The summed E-state index contributed by atoms with van der Waals surface area (Å²) in [6.45, 7) is 2.00. The zero-order valence-corrected chi connectivity index (χ0v) is 12.1. The number of aryl methyl sites for hydroxylation is 1. The van der Waals surface area contributed by atoms with Crippen molar-refractivity contribution in [1.29, 1.82) is 0 Å². The molecule has 5 nitrogen and oxygen atoms in total. The number of nitro benzene ring substituents is 1. The fourth-order valence-corrected chi connectivity index (χ4v) is 2.40. The molecule has 1 unspecified atom stereocenters. The van der Waals surface area contributed by atoms with Crippen LogP contribution in [0.25, 0.3) is 0 Å². The van der Waals surface area contributed by atoms with Crippen LogP contribution >= 0.6 is 0 Å². The molecule has 1 atom stereocenters. The van der Waals surface area contributed by atoms with Gasteiger partial charge in [0.15, 0.2) is 0 Å². The summed E-state index contributed by atoms with van der Waals surface area (Å²) in [5.74, 6) is 0.679. The van der Waals surface area contributed by atoms with Crippen LogP contribution in [0.15, 0.2) is 42.5 Å². The van der Waals surface area contributed by atoms with E-state index in [-0.39, 0.29) is 5.69 Å². The molecule has 110 valence electrons. The molecular weight excluding hydrogens is 268 g/mol. The number of ether oxygens (including phenoxy) is 1. The van der Waals surface area contributed by atoms with Crippen molar-refractivity contribution >= 4 is 5.69 Å². The van der Waals surface area contributed by atoms with Crippen molar-refractivity contribution in [1.82, 2.24) is 0 Å². The molecule has 0 amide bonds. The van der Waals surface area contributed by atoms with Crippen molar-refractivity contribution in [2.24, 2.45) is 5.73 Å². The highest BCUT2D eigenvalue weighted by Crippen LogP contribution is 2.32. The summed E-state index contributed by atoms with van der Waals surface area (Å²) in [4.78, 5) is 10.6. The standard InChI is InChI=1S/C16H18N2O3/c1-3-11-8-9-12(18(19)20)10-14(11)16(17)13-6-4-5-7-15(13)21-2/h4-10,16H,3,17H2,1-2H3. The smallest absolute Gasteiger partial charge is 0.269 e. The third kappa shape index (κ3) is 3.03. The first-order valence-electron chi connectivity index (χ1n) is 6.74. The first-order chi connectivity index (χ1) is 10.1. The van der Waals surface area contributed by atoms with Gasteiger partial charge in [0.05, 0.1) is 18.1 Å². The lowest BCUT2D eigenvalue weighted by Gasteiger charge is -2.18. The SMILES string of the molecule is CCc1ccc([N+](=O)[O-])cc1C(N)c1ccccc1OC. The average molecular weight is 286 g/mol. The number of non-ortho nitro benzene ring substituents is 1. The fraction of sp³-hybridized carbons (Fsp3) is 0.250. The van der Waals surface area contributed by atoms with Crippen molar-refractivity contribution in [3.63, 3.8) is 0 Å². The molecule has 2 N–H and O–H groups in total. The molecule has 5 heteroatoms.